The number of ether oxygens (including phenoxy) is 4. The minimum absolute atomic E-state index is 0.0160. The van der Waals surface area contributed by atoms with E-state index < -0.39 is 0 Å². The van der Waals surface area contributed by atoms with Gasteiger partial charge >= 0.3 is 0 Å². The van der Waals surface area contributed by atoms with E-state index in [1.807, 2.05) is 45.0 Å². The SMILES string of the molecule is CCC(=O)[C@H](C)NCc1cc(Cl)c(OCc2cccc(-c3cccc(COc4nc(OC)c(CC[C@@H](C)C(=O)NC)cc4Cl)c3C)c2C)nc1OC. The fraction of sp³-hybridized carbons (Fsp3) is 0.400. The van der Waals surface area contributed by atoms with E-state index in [0.29, 0.717) is 47.6 Å². The molecule has 0 fully saturated rings. The molecule has 0 saturated carbocycles. The molecule has 0 aliphatic heterocycles. The van der Waals surface area contributed by atoms with Crippen LogP contribution < -0.4 is 29.6 Å². The third-order valence-corrected chi connectivity index (χ3v) is 9.78. The second-order valence-corrected chi connectivity index (χ2v) is 13.4. The zero-order valence-corrected chi connectivity index (χ0v) is 32.6. The van der Waals surface area contributed by atoms with Gasteiger partial charge in [-0.3, -0.25) is 9.59 Å². The van der Waals surface area contributed by atoms with E-state index in [4.69, 9.17) is 42.1 Å². The van der Waals surface area contributed by atoms with Gasteiger partial charge in [-0.05, 0) is 79.1 Å². The lowest BCUT2D eigenvalue weighted by Gasteiger charge is -2.18. The van der Waals surface area contributed by atoms with Crippen LogP contribution in [0.3, 0.4) is 0 Å². The molecular weight excluding hydrogens is 703 g/mol. The summed E-state index contributed by atoms with van der Waals surface area (Å²) < 4.78 is 23.3. The molecule has 2 aromatic carbocycles. The van der Waals surface area contributed by atoms with Crippen molar-refractivity contribution in [3.8, 4) is 34.6 Å². The van der Waals surface area contributed by atoms with E-state index in [1.54, 1.807) is 26.3 Å². The minimum Gasteiger partial charge on any atom is -0.481 e. The fourth-order valence-electron chi connectivity index (χ4n) is 5.84. The number of Topliss-reactive ketones (excluding diaryl/α,β-unsaturated/α-hetero) is 1. The van der Waals surface area contributed by atoms with E-state index in [0.717, 1.165) is 44.5 Å². The highest BCUT2D eigenvalue weighted by atomic mass is 35.5. The van der Waals surface area contributed by atoms with Gasteiger partial charge in [0.25, 0.3) is 0 Å². The topological polar surface area (TPSA) is 121 Å². The molecule has 4 aromatic rings. The van der Waals surface area contributed by atoms with Crippen molar-refractivity contribution in [3.05, 3.63) is 92.0 Å². The van der Waals surface area contributed by atoms with Gasteiger partial charge in [0.2, 0.25) is 29.4 Å². The smallest absolute Gasteiger partial charge is 0.236 e. The van der Waals surface area contributed by atoms with Crippen LogP contribution in [0, 0.1) is 19.8 Å². The van der Waals surface area contributed by atoms with Gasteiger partial charge < -0.3 is 29.6 Å². The number of hydrogen-bond acceptors (Lipinski definition) is 9. The molecule has 0 spiro atoms. The van der Waals surface area contributed by atoms with Crippen molar-refractivity contribution >= 4 is 34.9 Å². The highest BCUT2D eigenvalue weighted by Gasteiger charge is 2.19. The normalized spacial score (nSPS) is 12.2. The summed E-state index contributed by atoms with van der Waals surface area (Å²) in [6, 6.07) is 15.4. The van der Waals surface area contributed by atoms with Gasteiger partial charge in [-0.25, -0.2) is 0 Å². The quantitative estimate of drug-likeness (QED) is 0.104. The second kappa shape index (κ2) is 18.9. The molecule has 0 radical (unpaired) electrons. The summed E-state index contributed by atoms with van der Waals surface area (Å²) >= 11 is 13.2. The molecule has 2 heterocycles. The third-order valence-electron chi connectivity index (χ3n) is 9.23. The Bertz CT molecular complexity index is 1750. The predicted octanol–water partition coefficient (Wildman–Crippen LogP) is 8.01. The summed E-state index contributed by atoms with van der Waals surface area (Å²) in [5.41, 5.74) is 7.71. The summed E-state index contributed by atoms with van der Waals surface area (Å²) in [5, 5.41) is 6.60. The van der Waals surface area contributed by atoms with Crippen molar-refractivity contribution in [2.75, 3.05) is 21.3 Å². The lowest BCUT2D eigenvalue weighted by molar-refractivity contribution is -0.124. The van der Waals surface area contributed by atoms with E-state index in [2.05, 4.69) is 46.6 Å². The van der Waals surface area contributed by atoms with Crippen LogP contribution in [0.2, 0.25) is 10.0 Å². The maximum atomic E-state index is 12.0. The van der Waals surface area contributed by atoms with Gasteiger partial charge in [-0.1, -0.05) is 73.4 Å². The molecule has 0 aliphatic carbocycles. The Kier molecular flexibility index (Phi) is 14.7. The molecule has 52 heavy (non-hydrogen) atoms. The van der Waals surface area contributed by atoms with Crippen LogP contribution in [0.4, 0.5) is 0 Å². The van der Waals surface area contributed by atoms with Crippen molar-refractivity contribution in [2.24, 2.45) is 5.92 Å². The molecular formula is C40H48Cl2N4O6. The Morgan fingerprint density at radius 1 is 0.769 bits per heavy atom. The lowest BCUT2D eigenvalue weighted by Crippen LogP contribution is -2.33. The Morgan fingerprint density at radius 2 is 1.27 bits per heavy atom. The van der Waals surface area contributed by atoms with Crippen molar-refractivity contribution in [2.45, 2.75) is 79.7 Å². The molecule has 2 N–H and O–H groups in total. The Hall–Kier alpha value is -4.38. The van der Waals surface area contributed by atoms with Crippen molar-refractivity contribution in [1.29, 1.82) is 0 Å². The number of nitrogens with one attached hydrogen (secondary N) is 2. The molecule has 2 aromatic heterocycles. The summed E-state index contributed by atoms with van der Waals surface area (Å²) in [4.78, 5) is 33.0. The first-order valence-corrected chi connectivity index (χ1v) is 18.0. The molecule has 4 rings (SSSR count). The van der Waals surface area contributed by atoms with Gasteiger partial charge in [0.15, 0.2) is 0 Å². The van der Waals surface area contributed by atoms with Crippen LogP contribution in [-0.4, -0.2) is 49.0 Å². The molecule has 12 heteroatoms. The molecule has 278 valence electrons. The van der Waals surface area contributed by atoms with Gasteiger partial charge in [-0.2, -0.15) is 9.97 Å². The highest BCUT2D eigenvalue weighted by molar-refractivity contribution is 6.32. The first kappa shape index (κ1) is 40.4. The Morgan fingerprint density at radius 3 is 1.75 bits per heavy atom. The number of pyridine rings is 2. The molecule has 0 unspecified atom stereocenters. The molecule has 0 saturated heterocycles. The average Bonchev–Trinajstić information content (AvgIpc) is 3.15. The summed E-state index contributed by atoms with van der Waals surface area (Å²) in [6.45, 7) is 10.5. The molecule has 10 nitrogen and oxygen atoms in total. The number of carbonyl (C=O) groups excluding carboxylic acids is 2. The van der Waals surface area contributed by atoms with Gasteiger partial charge in [-0.15, -0.1) is 0 Å². The minimum atomic E-state index is -0.295. The maximum Gasteiger partial charge on any atom is 0.236 e. The number of benzene rings is 2. The predicted molar refractivity (Wildman–Crippen MR) is 205 cm³/mol. The third kappa shape index (κ3) is 9.93. The molecule has 2 atom stereocenters. The van der Waals surface area contributed by atoms with Gasteiger partial charge in [0.1, 0.15) is 29.0 Å². The monoisotopic (exact) mass is 750 g/mol. The largest absolute Gasteiger partial charge is 0.481 e. The Balaban J connectivity index is 1.48. The van der Waals surface area contributed by atoms with Crippen LogP contribution in [0.1, 0.15) is 67.0 Å². The van der Waals surface area contributed by atoms with E-state index >= 15 is 0 Å². The Labute approximate surface area is 316 Å². The van der Waals surface area contributed by atoms with Crippen molar-refractivity contribution in [3.63, 3.8) is 0 Å². The van der Waals surface area contributed by atoms with Crippen molar-refractivity contribution in [1.82, 2.24) is 20.6 Å². The fourth-order valence-corrected chi connectivity index (χ4v) is 6.29. The zero-order chi connectivity index (χ0) is 37.9. The number of hydrogen-bond donors (Lipinski definition) is 2. The van der Waals surface area contributed by atoms with E-state index in [9.17, 15) is 9.59 Å². The number of aryl methyl sites for hydroxylation is 1. The number of amides is 1. The molecule has 0 aliphatic rings. The maximum absolute atomic E-state index is 12.0. The summed E-state index contributed by atoms with van der Waals surface area (Å²) in [7, 11) is 4.72. The van der Waals surface area contributed by atoms with Crippen molar-refractivity contribution < 1.29 is 28.5 Å². The molecule has 0 bridgehead atoms. The average molecular weight is 752 g/mol. The first-order chi connectivity index (χ1) is 24.9. The number of carbonyl (C=O) groups is 2. The van der Waals surface area contributed by atoms with Gasteiger partial charge in [0, 0.05) is 37.1 Å². The van der Waals surface area contributed by atoms with E-state index in [1.165, 1.54) is 7.11 Å². The van der Waals surface area contributed by atoms with Gasteiger partial charge in [0.05, 0.1) is 20.3 Å². The lowest BCUT2D eigenvalue weighted by atomic mass is 9.92. The zero-order valence-electron chi connectivity index (χ0n) is 31.1. The van der Waals surface area contributed by atoms with Crippen LogP contribution in [0.5, 0.6) is 23.5 Å². The number of ketones is 1. The summed E-state index contributed by atoms with van der Waals surface area (Å²) in [5.74, 6) is 1.28. The summed E-state index contributed by atoms with van der Waals surface area (Å²) in [6.07, 6.45) is 1.67. The van der Waals surface area contributed by atoms with Crippen LogP contribution in [0.25, 0.3) is 11.1 Å². The van der Waals surface area contributed by atoms with E-state index in [-0.39, 0.29) is 48.6 Å². The molecule has 1 amide bonds. The number of methoxy groups -OCH3 is 2. The van der Waals surface area contributed by atoms with Crippen LogP contribution in [0.15, 0.2) is 48.5 Å². The number of nitrogens with zero attached hydrogens (tertiary/aromatic N) is 2. The number of halogens is 2. The van der Waals surface area contributed by atoms with Crippen LogP contribution in [-0.2, 0) is 35.8 Å². The first-order valence-electron chi connectivity index (χ1n) is 17.3. The second-order valence-electron chi connectivity index (χ2n) is 12.6. The van der Waals surface area contributed by atoms with Crippen LogP contribution >= 0.6 is 23.2 Å². The highest BCUT2D eigenvalue weighted by Crippen LogP contribution is 2.35. The number of aromatic nitrogens is 2. The number of rotatable bonds is 18. The standard InChI is InChI=1S/C40H48Cl2N4O6/c1-9-35(47)26(5)44-20-30-19-34(42)40(46-38(30)50-8)52-22-29-13-11-15-32(25(29)4)31-14-10-12-28(24(31)3)21-51-39-33(41)18-27(37(45-39)49-7)17-16-23(2)36(48)43-6/h10-15,18-19,23,26,44H,9,16-17,20-22H2,1-8H3,(H,43,48)/t23-,26+/m1/s1.